The molecule has 162 valence electrons. The summed E-state index contributed by atoms with van der Waals surface area (Å²) in [5.74, 6) is -0.918. The Hall–Kier alpha value is -2.77. The standard InChI is InChI=1S/C21H31F2N3O3/c1-5-12-18(29-21(22)23)15(6-2)20(28)25-14-11-9-10-13-19(27)26-17(8-4)16(24)7-3/h5-6,8,12,21,24H,1,7,9-11,13-14H2,2-4H3,(H,25,28)(H,26,27)/b15-6?,17-8+,18-12?,24-16?. The third kappa shape index (κ3) is 11.0. The van der Waals surface area contributed by atoms with Gasteiger partial charge in [-0.1, -0.05) is 38.2 Å². The molecule has 0 atom stereocenters. The van der Waals surface area contributed by atoms with Crippen LogP contribution in [0.1, 0.15) is 52.9 Å². The van der Waals surface area contributed by atoms with Crippen LogP contribution in [0, 0.1) is 5.41 Å². The molecule has 0 bridgehead atoms. The first kappa shape index (κ1) is 26.2. The van der Waals surface area contributed by atoms with E-state index in [9.17, 15) is 18.4 Å². The van der Waals surface area contributed by atoms with Gasteiger partial charge in [-0.15, -0.1) is 0 Å². The number of allylic oxidation sites excluding steroid dienone is 5. The molecular weight excluding hydrogens is 380 g/mol. The number of carbonyl (C=O) groups is 2. The maximum Gasteiger partial charge on any atom is 0.387 e. The molecule has 2 amide bonds. The predicted molar refractivity (Wildman–Crippen MR) is 111 cm³/mol. The second-order valence-corrected chi connectivity index (χ2v) is 6.00. The second kappa shape index (κ2) is 15.2. The Morgan fingerprint density at radius 2 is 1.86 bits per heavy atom. The zero-order chi connectivity index (χ0) is 22.2. The van der Waals surface area contributed by atoms with Gasteiger partial charge in [0.05, 0.1) is 17.0 Å². The summed E-state index contributed by atoms with van der Waals surface area (Å²) in [4.78, 5) is 24.1. The van der Waals surface area contributed by atoms with E-state index in [0.717, 1.165) is 0 Å². The summed E-state index contributed by atoms with van der Waals surface area (Å²) in [5, 5.41) is 13.1. The highest BCUT2D eigenvalue weighted by molar-refractivity contribution is 6.00. The van der Waals surface area contributed by atoms with Crippen molar-refractivity contribution in [2.75, 3.05) is 6.54 Å². The summed E-state index contributed by atoms with van der Waals surface area (Å²) in [6.07, 6.45) is 8.39. The van der Waals surface area contributed by atoms with Crippen LogP contribution >= 0.6 is 0 Å². The highest BCUT2D eigenvalue weighted by atomic mass is 19.3. The van der Waals surface area contributed by atoms with E-state index in [0.29, 0.717) is 50.1 Å². The summed E-state index contributed by atoms with van der Waals surface area (Å²) in [6, 6.07) is 0. The van der Waals surface area contributed by atoms with Crippen molar-refractivity contribution >= 4 is 17.5 Å². The first-order valence-corrected chi connectivity index (χ1v) is 9.56. The van der Waals surface area contributed by atoms with E-state index in [1.54, 1.807) is 19.9 Å². The highest BCUT2D eigenvalue weighted by Gasteiger charge is 2.17. The highest BCUT2D eigenvalue weighted by Crippen LogP contribution is 2.16. The summed E-state index contributed by atoms with van der Waals surface area (Å²) >= 11 is 0. The van der Waals surface area contributed by atoms with E-state index in [2.05, 4.69) is 21.9 Å². The lowest BCUT2D eigenvalue weighted by Gasteiger charge is -2.13. The minimum Gasteiger partial charge on any atom is -0.434 e. The quantitative estimate of drug-likeness (QED) is 0.130. The maximum absolute atomic E-state index is 12.5. The molecule has 0 aromatic heterocycles. The molecule has 0 aromatic rings. The van der Waals surface area contributed by atoms with Crippen LogP contribution in [0.3, 0.4) is 0 Å². The molecule has 0 saturated heterocycles. The van der Waals surface area contributed by atoms with Gasteiger partial charge in [0.2, 0.25) is 5.91 Å². The molecule has 0 saturated carbocycles. The number of carbonyl (C=O) groups excluding carboxylic acids is 2. The first-order valence-electron chi connectivity index (χ1n) is 9.56. The fourth-order valence-electron chi connectivity index (χ4n) is 2.39. The lowest BCUT2D eigenvalue weighted by atomic mass is 10.1. The predicted octanol–water partition coefficient (Wildman–Crippen LogP) is 4.37. The summed E-state index contributed by atoms with van der Waals surface area (Å²) < 4.78 is 29.3. The van der Waals surface area contributed by atoms with Crippen molar-refractivity contribution in [3.63, 3.8) is 0 Å². The molecule has 0 heterocycles. The van der Waals surface area contributed by atoms with Crippen LogP contribution in [0.5, 0.6) is 0 Å². The van der Waals surface area contributed by atoms with E-state index in [4.69, 9.17) is 5.41 Å². The Balaban J connectivity index is 4.32. The Bertz CT molecular complexity index is 668. The molecule has 0 aliphatic rings. The van der Waals surface area contributed by atoms with Gasteiger partial charge < -0.3 is 20.8 Å². The third-order valence-electron chi connectivity index (χ3n) is 3.89. The normalized spacial score (nSPS) is 12.6. The van der Waals surface area contributed by atoms with Crippen LogP contribution in [0.15, 0.2) is 47.9 Å². The van der Waals surface area contributed by atoms with Gasteiger partial charge in [-0.3, -0.25) is 9.59 Å². The van der Waals surface area contributed by atoms with Gasteiger partial charge in [0, 0.05) is 13.0 Å². The van der Waals surface area contributed by atoms with Crippen molar-refractivity contribution in [3.05, 3.63) is 47.9 Å². The average Bonchev–Trinajstić information content (AvgIpc) is 2.68. The number of ether oxygens (including phenoxy) is 1. The molecule has 0 spiro atoms. The number of nitrogens with one attached hydrogen (secondary N) is 3. The van der Waals surface area contributed by atoms with Gasteiger partial charge in [-0.05, 0) is 39.2 Å². The van der Waals surface area contributed by atoms with E-state index in [1.165, 1.54) is 18.2 Å². The minimum atomic E-state index is -3.04. The van der Waals surface area contributed by atoms with Crippen molar-refractivity contribution in [2.24, 2.45) is 0 Å². The molecule has 0 rings (SSSR count). The van der Waals surface area contributed by atoms with Gasteiger partial charge in [-0.25, -0.2) is 0 Å². The zero-order valence-corrected chi connectivity index (χ0v) is 17.3. The topological polar surface area (TPSA) is 91.3 Å². The molecule has 0 aliphatic heterocycles. The lowest BCUT2D eigenvalue weighted by molar-refractivity contribution is -0.121. The first-order chi connectivity index (χ1) is 13.8. The lowest BCUT2D eigenvalue weighted by Crippen LogP contribution is -2.28. The smallest absolute Gasteiger partial charge is 0.387 e. The molecule has 8 heteroatoms. The van der Waals surface area contributed by atoms with Gasteiger partial charge in [0.15, 0.2) is 0 Å². The number of hydrogen-bond acceptors (Lipinski definition) is 4. The number of hydrogen-bond donors (Lipinski definition) is 3. The van der Waals surface area contributed by atoms with Gasteiger partial charge in [-0.2, -0.15) is 8.78 Å². The van der Waals surface area contributed by atoms with E-state index < -0.39 is 12.5 Å². The molecule has 0 aromatic carbocycles. The monoisotopic (exact) mass is 411 g/mol. The number of unbranched alkanes of at least 4 members (excludes halogenated alkanes) is 2. The van der Waals surface area contributed by atoms with Crippen LogP contribution < -0.4 is 10.6 Å². The van der Waals surface area contributed by atoms with Crippen molar-refractivity contribution in [1.82, 2.24) is 10.6 Å². The van der Waals surface area contributed by atoms with Gasteiger partial charge >= 0.3 is 6.61 Å². The molecule has 0 aliphatic carbocycles. The minimum absolute atomic E-state index is 0.00170. The van der Waals surface area contributed by atoms with Crippen LogP contribution in [0.25, 0.3) is 0 Å². The van der Waals surface area contributed by atoms with Crippen LogP contribution in [-0.4, -0.2) is 30.7 Å². The van der Waals surface area contributed by atoms with Crippen molar-refractivity contribution in [3.8, 4) is 0 Å². The Labute approximate surface area is 171 Å². The third-order valence-corrected chi connectivity index (χ3v) is 3.89. The van der Waals surface area contributed by atoms with Crippen molar-refractivity contribution in [2.45, 2.75) is 59.5 Å². The summed E-state index contributed by atoms with van der Waals surface area (Å²) in [5.41, 5.74) is 0.906. The number of alkyl halides is 2. The van der Waals surface area contributed by atoms with E-state index >= 15 is 0 Å². The summed E-state index contributed by atoms with van der Waals surface area (Å²) in [6.45, 7) is 5.89. The van der Waals surface area contributed by atoms with Crippen molar-refractivity contribution in [1.29, 1.82) is 5.41 Å². The molecule has 0 unspecified atom stereocenters. The van der Waals surface area contributed by atoms with Crippen LogP contribution in [-0.2, 0) is 14.3 Å². The second-order valence-electron chi connectivity index (χ2n) is 6.00. The fourth-order valence-corrected chi connectivity index (χ4v) is 2.39. The number of rotatable bonds is 14. The molecule has 29 heavy (non-hydrogen) atoms. The molecule has 0 radical (unpaired) electrons. The Kier molecular flexibility index (Phi) is 13.7. The van der Waals surface area contributed by atoms with Crippen LogP contribution in [0.4, 0.5) is 8.78 Å². The number of halogens is 2. The van der Waals surface area contributed by atoms with Gasteiger partial charge in [0.25, 0.3) is 5.91 Å². The van der Waals surface area contributed by atoms with Gasteiger partial charge in [0.1, 0.15) is 5.76 Å². The molecule has 0 fully saturated rings. The molecule has 3 N–H and O–H groups in total. The Morgan fingerprint density at radius 3 is 2.38 bits per heavy atom. The summed E-state index contributed by atoms with van der Waals surface area (Å²) in [7, 11) is 0. The van der Waals surface area contributed by atoms with Crippen LogP contribution in [0.2, 0.25) is 0 Å². The molecular formula is C21H31F2N3O3. The van der Waals surface area contributed by atoms with E-state index in [1.807, 2.05) is 6.92 Å². The maximum atomic E-state index is 12.5. The van der Waals surface area contributed by atoms with E-state index in [-0.39, 0.29) is 17.2 Å². The molecule has 6 nitrogen and oxygen atoms in total. The van der Waals surface area contributed by atoms with Crippen molar-refractivity contribution < 1.29 is 23.1 Å². The zero-order valence-electron chi connectivity index (χ0n) is 17.3. The number of amides is 2. The largest absolute Gasteiger partial charge is 0.434 e. The average molecular weight is 411 g/mol. The Morgan fingerprint density at radius 1 is 1.17 bits per heavy atom. The SMILES string of the molecule is C=CC=C(OC(F)F)C(=CC)C(=O)NCCCCCC(=O)N/C(=C/C)C(=N)CC. The fraction of sp³-hybridized carbons (Fsp3) is 0.476.